The van der Waals surface area contributed by atoms with Gasteiger partial charge in [-0.15, -0.1) is 10.2 Å². The van der Waals surface area contributed by atoms with E-state index >= 15 is 0 Å². The minimum Gasteiger partial charge on any atom is -0.298 e. The van der Waals surface area contributed by atoms with Gasteiger partial charge >= 0.3 is 0 Å². The Labute approximate surface area is 136 Å². The maximum absolute atomic E-state index is 12.4. The van der Waals surface area contributed by atoms with Crippen LogP contribution in [-0.2, 0) is 4.79 Å². The lowest BCUT2D eigenvalue weighted by atomic mass is 9.97. The average molecular weight is 307 g/mol. The molecule has 2 aromatic rings. The first kappa shape index (κ1) is 15.4. The molecule has 0 saturated carbocycles. The van der Waals surface area contributed by atoms with Gasteiger partial charge in [0, 0.05) is 19.0 Å². The van der Waals surface area contributed by atoms with Crippen molar-refractivity contribution in [2.24, 2.45) is 0 Å². The molecule has 0 spiro atoms. The van der Waals surface area contributed by atoms with Crippen LogP contribution in [0.4, 0.5) is 5.82 Å². The summed E-state index contributed by atoms with van der Waals surface area (Å²) in [6, 6.07) is 13.7. The Morgan fingerprint density at radius 1 is 1.09 bits per heavy atom. The summed E-state index contributed by atoms with van der Waals surface area (Å²) in [4.78, 5) is 14.0. The number of benzene rings is 1. The zero-order valence-corrected chi connectivity index (χ0v) is 13.4. The lowest BCUT2D eigenvalue weighted by Crippen LogP contribution is -2.27. The van der Waals surface area contributed by atoms with Crippen LogP contribution in [0, 0.1) is 0 Å². The fourth-order valence-corrected chi connectivity index (χ4v) is 2.77. The molecule has 118 valence electrons. The van der Waals surface area contributed by atoms with Crippen molar-refractivity contribution in [3.05, 3.63) is 54.1 Å². The minimum absolute atomic E-state index is 0.0694. The summed E-state index contributed by atoms with van der Waals surface area (Å²) in [6.07, 6.45) is 7.25. The van der Waals surface area contributed by atoms with Gasteiger partial charge in [0.05, 0.1) is 5.69 Å². The summed E-state index contributed by atoms with van der Waals surface area (Å²) in [5, 5.41) is 8.45. The third-order valence-electron chi connectivity index (χ3n) is 4.20. The Bertz CT molecular complexity index is 692. The normalized spacial score (nSPS) is 14.2. The highest BCUT2D eigenvalue weighted by molar-refractivity contribution is 5.93. The zero-order chi connectivity index (χ0) is 16.1. The molecule has 4 heteroatoms. The number of allylic oxidation sites excluding steroid dienone is 1. The predicted octanol–water partition coefficient (Wildman–Crippen LogP) is 4.00. The van der Waals surface area contributed by atoms with Gasteiger partial charge in [-0.25, -0.2) is 0 Å². The summed E-state index contributed by atoms with van der Waals surface area (Å²) < 4.78 is 0. The number of nitrogens with zero attached hydrogens (tertiary/aromatic N) is 3. The van der Waals surface area contributed by atoms with Crippen LogP contribution < -0.4 is 4.90 Å². The summed E-state index contributed by atoms with van der Waals surface area (Å²) in [6.45, 7) is 0. The topological polar surface area (TPSA) is 46.1 Å². The molecule has 1 aliphatic rings. The van der Waals surface area contributed by atoms with E-state index in [1.54, 1.807) is 11.9 Å². The van der Waals surface area contributed by atoms with Crippen LogP contribution in [0.25, 0.3) is 11.3 Å². The molecule has 3 rings (SSSR count). The maximum Gasteiger partial charge on any atom is 0.232 e. The van der Waals surface area contributed by atoms with Crippen molar-refractivity contribution in [3.63, 3.8) is 0 Å². The summed E-state index contributed by atoms with van der Waals surface area (Å²) in [5.74, 6) is 0.658. The largest absolute Gasteiger partial charge is 0.298 e. The fourth-order valence-electron chi connectivity index (χ4n) is 2.77. The van der Waals surface area contributed by atoms with Gasteiger partial charge in [-0.2, -0.15) is 0 Å². The number of amides is 1. The summed E-state index contributed by atoms with van der Waals surface area (Å²) in [5.41, 5.74) is 3.08. The van der Waals surface area contributed by atoms with Crippen molar-refractivity contribution >= 4 is 11.7 Å². The molecule has 0 fully saturated rings. The second kappa shape index (κ2) is 7.18. The average Bonchev–Trinajstić information content (AvgIpc) is 2.63. The molecule has 1 aromatic carbocycles. The number of anilines is 1. The summed E-state index contributed by atoms with van der Waals surface area (Å²) >= 11 is 0. The molecule has 1 aliphatic carbocycles. The SMILES string of the molecule is CN(C(=O)CC1=CCCCC1)c1ccc(-c2ccccc2)nn1. The molecule has 1 aromatic heterocycles. The number of hydrogen-bond acceptors (Lipinski definition) is 3. The molecular formula is C19H21N3O. The van der Waals surface area contributed by atoms with E-state index in [1.165, 1.54) is 18.4 Å². The molecule has 1 heterocycles. The zero-order valence-electron chi connectivity index (χ0n) is 13.4. The van der Waals surface area contributed by atoms with E-state index in [-0.39, 0.29) is 5.91 Å². The van der Waals surface area contributed by atoms with E-state index < -0.39 is 0 Å². The smallest absolute Gasteiger partial charge is 0.232 e. The molecule has 1 amide bonds. The van der Waals surface area contributed by atoms with Crippen LogP contribution in [0.2, 0.25) is 0 Å². The van der Waals surface area contributed by atoms with Crippen molar-refractivity contribution in [1.82, 2.24) is 10.2 Å². The standard InChI is InChI=1S/C19H21N3O/c1-22(19(23)14-15-8-4-2-5-9-15)18-13-12-17(20-21-18)16-10-6-3-7-11-16/h3,6-8,10-13H,2,4-5,9,14H2,1H3. The monoisotopic (exact) mass is 307 g/mol. The number of carbonyl (C=O) groups excluding carboxylic acids is 1. The highest BCUT2D eigenvalue weighted by Crippen LogP contribution is 2.22. The van der Waals surface area contributed by atoms with Gasteiger partial charge in [-0.1, -0.05) is 42.0 Å². The van der Waals surface area contributed by atoms with Gasteiger partial charge in [0.25, 0.3) is 0 Å². The Hall–Kier alpha value is -2.49. The first-order chi connectivity index (χ1) is 11.2. The molecule has 0 bridgehead atoms. The van der Waals surface area contributed by atoms with Gasteiger partial charge in [0.15, 0.2) is 5.82 Å². The molecule has 0 radical (unpaired) electrons. The first-order valence-corrected chi connectivity index (χ1v) is 8.07. The van der Waals surface area contributed by atoms with E-state index in [4.69, 9.17) is 0 Å². The van der Waals surface area contributed by atoms with Gasteiger partial charge < -0.3 is 0 Å². The van der Waals surface area contributed by atoms with Crippen molar-refractivity contribution in [2.45, 2.75) is 32.1 Å². The number of rotatable bonds is 4. The Kier molecular flexibility index (Phi) is 4.81. The third-order valence-corrected chi connectivity index (χ3v) is 4.20. The Morgan fingerprint density at radius 3 is 2.57 bits per heavy atom. The molecular weight excluding hydrogens is 286 g/mol. The number of carbonyl (C=O) groups is 1. The van der Waals surface area contributed by atoms with Gasteiger partial charge in [-0.3, -0.25) is 9.69 Å². The molecule has 0 N–H and O–H groups in total. The molecule has 4 nitrogen and oxygen atoms in total. The van der Waals surface area contributed by atoms with Crippen LogP contribution in [-0.4, -0.2) is 23.2 Å². The predicted molar refractivity (Wildman–Crippen MR) is 92.0 cm³/mol. The highest BCUT2D eigenvalue weighted by Gasteiger charge is 2.15. The van der Waals surface area contributed by atoms with Crippen molar-refractivity contribution in [3.8, 4) is 11.3 Å². The third kappa shape index (κ3) is 3.83. The number of hydrogen-bond donors (Lipinski definition) is 0. The Morgan fingerprint density at radius 2 is 1.91 bits per heavy atom. The van der Waals surface area contributed by atoms with Crippen molar-refractivity contribution in [2.75, 3.05) is 11.9 Å². The summed E-state index contributed by atoms with van der Waals surface area (Å²) in [7, 11) is 1.76. The van der Waals surface area contributed by atoms with Crippen LogP contribution >= 0.6 is 0 Å². The first-order valence-electron chi connectivity index (χ1n) is 8.07. The fraction of sp³-hybridized carbons (Fsp3) is 0.316. The molecule has 0 saturated heterocycles. The lowest BCUT2D eigenvalue weighted by molar-refractivity contribution is -0.117. The van der Waals surface area contributed by atoms with E-state index in [2.05, 4.69) is 16.3 Å². The maximum atomic E-state index is 12.4. The lowest BCUT2D eigenvalue weighted by Gasteiger charge is -2.18. The number of aromatic nitrogens is 2. The molecule has 23 heavy (non-hydrogen) atoms. The quantitative estimate of drug-likeness (QED) is 0.802. The second-order valence-electron chi connectivity index (χ2n) is 5.88. The molecule has 0 unspecified atom stereocenters. The molecule has 0 aliphatic heterocycles. The second-order valence-corrected chi connectivity index (χ2v) is 5.88. The van der Waals surface area contributed by atoms with E-state index in [1.807, 2.05) is 42.5 Å². The van der Waals surface area contributed by atoms with Crippen LogP contribution in [0.3, 0.4) is 0 Å². The van der Waals surface area contributed by atoms with Crippen molar-refractivity contribution < 1.29 is 4.79 Å². The van der Waals surface area contributed by atoms with Crippen molar-refractivity contribution in [1.29, 1.82) is 0 Å². The van der Waals surface area contributed by atoms with Gasteiger partial charge in [-0.05, 0) is 37.8 Å². The molecule has 0 atom stereocenters. The van der Waals surface area contributed by atoms with E-state index in [9.17, 15) is 4.79 Å². The highest BCUT2D eigenvalue weighted by atomic mass is 16.2. The Balaban J connectivity index is 1.68. The van der Waals surface area contributed by atoms with Crippen LogP contribution in [0.5, 0.6) is 0 Å². The van der Waals surface area contributed by atoms with E-state index in [0.29, 0.717) is 12.2 Å². The minimum atomic E-state index is 0.0694. The van der Waals surface area contributed by atoms with Crippen LogP contribution in [0.1, 0.15) is 32.1 Å². The van der Waals surface area contributed by atoms with E-state index in [0.717, 1.165) is 24.1 Å². The van der Waals surface area contributed by atoms with Crippen LogP contribution in [0.15, 0.2) is 54.1 Å². The van der Waals surface area contributed by atoms with Gasteiger partial charge in [0.1, 0.15) is 0 Å². The van der Waals surface area contributed by atoms with Gasteiger partial charge in [0.2, 0.25) is 5.91 Å².